The molecule has 2 atom stereocenters. The summed E-state index contributed by atoms with van der Waals surface area (Å²) < 4.78 is 1.22. The lowest BCUT2D eigenvalue weighted by Crippen LogP contribution is -2.34. The highest BCUT2D eigenvalue weighted by molar-refractivity contribution is 9.10. The number of rotatable bonds is 5. The molecule has 0 spiro atoms. The minimum Gasteiger partial charge on any atom is -0.311 e. The lowest BCUT2D eigenvalue weighted by atomic mass is 9.99. The third-order valence-corrected chi connectivity index (χ3v) is 4.79. The number of thiophene rings is 1. The lowest BCUT2D eigenvalue weighted by molar-refractivity contribution is 0.397. The molecule has 1 aromatic heterocycles. The predicted molar refractivity (Wildman–Crippen MR) is 70.5 cm³/mol. The van der Waals surface area contributed by atoms with Crippen molar-refractivity contribution in [1.82, 2.24) is 5.32 Å². The minimum atomic E-state index is 0.637. The first-order valence-corrected chi connectivity index (χ1v) is 7.31. The predicted octanol–water partition coefficient (Wildman–Crippen LogP) is 3.83. The van der Waals surface area contributed by atoms with Crippen molar-refractivity contribution in [3.8, 4) is 0 Å². The van der Waals surface area contributed by atoms with Gasteiger partial charge < -0.3 is 5.32 Å². The van der Waals surface area contributed by atoms with Crippen molar-refractivity contribution in [2.45, 2.75) is 45.2 Å². The lowest BCUT2D eigenvalue weighted by Gasteiger charge is -2.20. The van der Waals surface area contributed by atoms with Crippen molar-refractivity contribution in [3.05, 3.63) is 20.8 Å². The van der Waals surface area contributed by atoms with E-state index in [1.54, 1.807) is 0 Å². The van der Waals surface area contributed by atoms with Crippen molar-refractivity contribution >= 4 is 27.3 Å². The fraction of sp³-hybridized carbons (Fsp3) is 0.667. The van der Waals surface area contributed by atoms with E-state index in [1.165, 1.54) is 28.6 Å². The summed E-state index contributed by atoms with van der Waals surface area (Å²) in [5.41, 5.74) is 0. The molecule has 1 aliphatic carbocycles. The molecule has 0 aromatic carbocycles. The fourth-order valence-electron chi connectivity index (χ4n) is 1.74. The Bertz CT molecular complexity index is 319. The molecule has 3 heteroatoms. The SMILES string of the molecule is CC(Cc1cc(Br)cs1)C(C)NC1CC1. The molecule has 2 rings (SSSR count). The summed E-state index contributed by atoms with van der Waals surface area (Å²) in [6.45, 7) is 4.65. The Labute approximate surface area is 104 Å². The first-order chi connectivity index (χ1) is 7.15. The van der Waals surface area contributed by atoms with Gasteiger partial charge in [0.25, 0.3) is 0 Å². The van der Waals surface area contributed by atoms with Crippen LogP contribution in [0.5, 0.6) is 0 Å². The molecule has 0 radical (unpaired) electrons. The third-order valence-electron chi connectivity index (χ3n) is 3.07. The third kappa shape index (κ3) is 3.58. The van der Waals surface area contributed by atoms with Crippen LogP contribution in [0.15, 0.2) is 15.9 Å². The molecular formula is C12H18BrNS. The maximum absolute atomic E-state index is 3.67. The molecule has 15 heavy (non-hydrogen) atoms. The van der Waals surface area contributed by atoms with Gasteiger partial charge in [-0.05, 0) is 54.1 Å². The summed E-state index contributed by atoms with van der Waals surface area (Å²) in [6, 6.07) is 3.70. The first kappa shape index (κ1) is 11.6. The highest BCUT2D eigenvalue weighted by Crippen LogP contribution is 2.25. The van der Waals surface area contributed by atoms with Gasteiger partial charge in [0, 0.05) is 26.8 Å². The molecule has 2 unspecified atom stereocenters. The molecule has 1 aliphatic rings. The maximum Gasteiger partial charge on any atom is 0.0285 e. The van der Waals surface area contributed by atoms with E-state index in [4.69, 9.17) is 0 Å². The van der Waals surface area contributed by atoms with Gasteiger partial charge in [-0.15, -0.1) is 11.3 Å². The quantitative estimate of drug-likeness (QED) is 0.868. The van der Waals surface area contributed by atoms with Crippen molar-refractivity contribution < 1.29 is 0 Å². The number of nitrogens with one attached hydrogen (secondary N) is 1. The van der Waals surface area contributed by atoms with Crippen molar-refractivity contribution in [3.63, 3.8) is 0 Å². The van der Waals surface area contributed by atoms with Crippen molar-refractivity contribution in [2.75, 3.05) is 0 Å². The molecular weight excluding hydrogens is 270 g/mol. The Morgan fingerprint density at radius 2 is 2.27 bits per heavy atom. The Kier molecular flexibility index (Phi) is 3.86. The van der Waals surface area contributed by atoms with Crippen LogP contribution in [0.2, 0.25) is 0 Å². The van der Waals surface area contributed by atoms with Gasteiger partial charge in [-0.25, -0.2) is 0 Å². The standard InChI is InChI=1S/C12H18BrNS/c1-8(9(2)14-11-3-4-11)5-12-6-10(13)7-15-12/h6-9,11,14H,3-5H2,1-2H3. The van der Waals surface area contributed by atoms with Crippen LogP contribution in [0.1, 0.15) is 31.6 Å². The molecule has 0 aliphatic heterocycles. The average Bonchev–Trinajstić information content (AvgIpc) is 2.90. The second kappa shape index (κ2) is 4.98. The highest BCUT2D eigenvalue weighted by atomic mass is 79.9. The Morgan fingerprint density at radius 3 is 2.80 bits per heavy atom. The van der Waals surface area contributed by atoms with Crippen LogP contribution < -0.4 is 5.32 Å². The van der Waals surface area contributed by atoms with Crippen LogP contribution >= 0.6 is 27.3 Å². The summed E-state index contributed by atoms with van der Waals surface area (Å²) in [5, 5.41) is 5.84. The number of hydrogen-bond acceptors (Lipinski definition) is 2. The number of hydrogen-bond donors (Lipinski definition) is 1. The van der Waals surface area contributed by atoms with Gasteiger partial charge >= 0.3 is 0 Å². The van der Waals surface area contributed by atoms with Gasteiger partial charge in [0.05, 0.1) is 0 Å². The monoisotopic (exact) mass is 287 g/mol. The maximum atomic E-state index is 3.67. The second-order valence-electron chi connectivity index (χ2n) is 4.64. The number of halogens is 1. The average molecular weight is 288 g/mol. The van der Waals surface area contributed by atoms with Crippen LogP contribution in [0.25, 0.3) is 0 Å². The first-order valence-electron chi connectivity index (χ1n) is 5.64. The summed E-state index contributed by atoms with van der Waals surface area (Å²) in [6.07, 6.45) is 3.94. The summed E-state index contributed by atoms with van der Waals surface area (Å²) in [5.74, 6) is 0.719. The van der Waals surface area contributed by atoms with E-state index in [0.717, 1.165) is 12.0 Å². The van der Waals surface area contributed by atoms with Crippen LogP contribution in [-0.2, 0) is 6.42 Å². The molecule has 1 aromatic rings. The fourth-order valence-corrected chi connectivity index (χ4v) is 3.34. The van der Waals surface area contributed by atoms with Gasteiger partial charge in [-0.3, -0.25) is 0 Å². The Morgan fingerprint density at radius 1 is 1.53 bits per heavy atom. The molecule has 0 amide bonds. The van der Waals surface area contributed by atoms with Gasteiger partial charge in [0.15, 0.2) is 0 Å². The minimum absolute atomic E-state index is 0.637. The van der Waals surface area contributed by atoms with E-state index in [2.05, 4.69) is 46.5 Å². The molecule has 1 N–H and O–H groups in total. The molecule has 0 saturated heterocycles. The summed E-state index contributed by atoms with van der Waals surface area (Å²) in [4.78, 5) is 1.49. The van der Waals surface area contributed by atoms with E-state index in [-0.39, 0.29) is 0 Å². The van der Waals surface area contributed by atoms with Crippen LogP contribution in [0.4, 0.5) is 0 Å². The Hall–Kier alpha value is 0.140. The normalized spacial score (nSPS) is 20.2. The van der Waals surface area contributed by atoms with Gasteiger partial charge in [-0.1, -0.05) is 6.92 Å². The molecule has 1 saturated carbocycles. The summed E-state index contributed by atoms with van der Waals surface area (Å²) >= 11 is 5.36. The zero-order valence-electron chi connectivity index (χ0n) is 9.29. The van der Waals surface area contributed by atoms with E-state index in [9.17, 15) is 0 Å². The van der Waals surface area contributed by atoms with Gasteiger partial charge in [-0.2, -0.15) is 0 Å². The van der Waals surface area contributed by atoms with Crippen LogP contribution in [-0.4, -0.2) is 12.1 Å². The molecule has 84 valence electrons. The topological polar surface area (TPSA) is 12.0 Å². The summed E-state index contributed by atoms with van der Waals surface area (Å²) in [7, 11) is 0. The highest BCUT2D eigenvalue weighted by Gasteiger charge is 2.25. The van der Waals surface area contributed by atoms with E-state index in [0.29, 0.717) is 6.04 Å². The Balaban J connectivity index is 1.82. The van der Waals surface area contributed by atoms with Crippen molar-refractivity contribution in [1.29, 1.82) is 0 Å². The molecule has 1 fully saturated rings. The van der Waals surface area contributed by atoms with E-state index >= 15 is 0 Å². The van der Waals surface area contributed by atoms with Gasteiger partial charge in [0.1, 0.15) is 0 Å². The second-order valence-corrected chi connectivity index (χ2v) is 6.55. The smallest absolute Gasteiger partial charge is 0.0285 e. The molecule has 0 bridgehead atoms. The van der Waals surface area contributed by atoms with Gasteiger partial charge in [0.2, 0.25) is 0 Å². The largest absolute Gasteiger partial charge is 0.311 e. The van der Waals surface area contributed by atoms with E-state index < -0.39 is 0 Å². The van der Waals surface area contributed by atoms with Crippen LogP contribution in [0.3, 0.4) is 0 Å². The molecule has 1 nitrogen and oxygen atoms in total. The van der Waals surface area contributed by atoms with Crippen LogP contribution in [0, 0.1) is 5.92 Å². The molecule has 1 heterocycles. The zero-order valence-corrected chi connectivity index (χ0v) is 11.7. The van der Waals surface area contributed by atoms with Crippen molar-refractivity contribution in [2.24, 2.45) is 5.92 Å². The van der Waals surface area contributed by atoms with E-state index in [1.807, 2.05) is 11.3 Å². The zero-order chi connectivity index (χ0) is 10.8.